The van der Waals surface area contributed by atoms with E-state index >= 15 is 0 Å². The van der Waals surface area contributed by atoms with Gasteiger partial charge < -0.3 is 4.74 Å². The van der Waals surface area contributed by atoms with Gasteiger partial charge in [0.05, 0.1) is 22.7 Å². The van der Waals surface area contributed by atoms with E-state index in [9.17, 15) is 8.42 Å². The first-order valence-corrected chi connectivity index (χ1v) is 10.6. The summed E-state index contributed by atoms with van der Waals surface area (Å²) < 4.78 is 31.9. The maximum atomic E-state index is 11.7. The number of anilines is 1. The Bertz CT molecular complexity index is 1130. The van der Waals surface area contributed by atoms with E-state index in [1.165, 1.54) is 6.20 Å². The largest absolute Gasteiger partial charge is 0.435 e. The molecule has 3 aromatic rings. The van der Waals surface area contributed by atoms with E-state index in [0.29, 0.717) is 27.7 Å². The van der Waals surface area contributed by atoms with Crippen molar-refractivity contribution >= 4 is 27.3 Å². The van der Waals surface area contributed by atoms with Gasteiger partial charge in [0.15, 0.2) is 5.75 Å². The summed E-state index contributed by atoms with van der Waals surface area (Å²) in [6.45, 7) is 5.61. The molecule has 0 radical (unpaired) electrons. The first-order chi connectivity index (χ1) is 13.1. The van der Waals surface area contributed by atoms with Crippen LogP contribution in [0.15, 0.2) is 36.7 Å². The molecule has 0 saturated heterocycles. The lowest BCUT2D eigenvalue weighted by molar-refractivity contribution is 0.455. The van der Waals surface area contributed by atoms with Crippen LogP contribution in [0.5, 0.6) is 11.6 Å². The van der Waals surface area contributed by atoms with Crippen LogP contribution in [0.1, 0.15) is 17.0 Å². The third kappa shape index (κ3) is 4.76. The van der Waals surface area contributed by atoms with Gasteiger partial charge in [-0.1, -0.05) is 11.6 Å². The maximum absolute atomic E-state index is 11.7. The highest BCUT2D eigenvalue weighted by Crippen LogP contribution is 2.34. The van der Waals surface area contributed by atoms with Crippen LogP contribution >= 0.6 is 11.6 Å². The fourth-order valence-corrected chi connectivity index (χ4v) is 3.50. The van der Waals surface area contributed by atoms with Crippen molar-refractivity contribution < 1.29 is 13.2 Å². The fraction of sp³-hybridized carbons (Fsp3) is 0.211. The topological polar surface area (TPSA) is 94.1 Å². The molecule has 1 N–H and O–H groups in total. The molecule has 0 fully saturated rings. The molecule has 0 spiro atoms. The van der Waals surface area contributed by atoms with E-state index in [0.717, 1.165) is 17.5 Å². The van der Waals surface area contributed by atoms with Crippen LogP contribution < -0.4 is 9.46 Å². The van der Waals surface area contributed by atoms with Crippen LogP contribution in [-0.4, -0.2) is 29.6 Å². The van der Waals surface area contributed by atoms with Crippen LogP contribution in [0.3, 0.4) is 0 Å². The van der Waals surface area contributed by atoms with Crippen LogP contribution in [0.2, 0.25) is 5.02 Å². The molecule has 0 aliphatic rings. The number of halogens is 1. The number of rotatable bonds is 5. The standard InChI is InChI=1S/C19H19ClN4O3S/c1-11-7-12(2)22-13(3)18(11)27-19-17(24-28(4,25)26)6-5-16(23-19)14-8-15(20)10-21-9-14/h5-10,24H,1-4H3. The summed E-state index contributed by atoms with van der Waals surface area (Å²) in [5.41, 5.74) is 3.86. The lowest BCUT2D eigenvalue weighted by Crippen LogP contribution is -2.11. The van der Waals surface area contributed by atoms with Crippen molar-refractivity contribution in [3.05, 3.63) is 58.6 Å². The molecule has 0 aliphatic carbocycles. The van der Waals surface area contributed by atoms with Gasteiger partial charge >= 0.3 is 0 Å². The van der Waals surface area contributed by atoms with Gasteiger partial charge in [0.25, 0.3) is 0 Å². The summed E-state index contributed by atoms with van der Waals surface area (Å²) in [4.78, 5) is 13.0. The van der Waals surface area contributed by atoms with E-state index < -0.39 is 10.0 Å². The number of ether oxygens (including phenoxy) is 1. The summed E-state index contributed by atoms with van der Waals surface area (Å²) in [6, 6.07) is 6.86. The maximum Gasteiger partial charge on any atom is 0.244 e. The Morgan fingerprint density at radius 2 is 1.82 bits per heavy atom. The second kappa shape index (κ2) is 7.73. The molecule has 0 aromatic carbocycles. The van der Waals surface area contributed by atoms with Crippen LogP contribution in [0.4, 0.5) is 5.69 Å². The minimum Gasteiger partial charge on any atom is -0.435 e. The van der Waals surface area contributed by atoms with Crippen molar-refractivity contribution in [2.45, 2.75) is 20.8 Å². The number of sulfonamides is 1. The van der Waals surface area contributed by atoms with Crippen molar-refractivity contribution in [3.63, 3.8) is 0 Å². The Hall–Kier alpha value is -2.71. The number of nitrogens with one attached hydrogen (secondary N) is 1. The molecule has 3 heterocycles. The van der Waals surface area contributed by atoms with E-state index in [4.69, 9.17) is 16.3 Å². The molecule has 0 bridgehead atoms. The van der Waals surface area contributed by atoms with E-state index in [1.54, 1.807) is 24.4 Å². The smallest absolute Gasteiger partial charge is 0.244 e. The molecule has 3 rings (SSSR count). The van der Waals surface area contributed by atoms with E-state index in [2.05, 4.69) is 19.7 Å². The molecule has 28 heavy (non-hydrogen) atoms. The average molecular weight is 419 g/mol. The minimum atomic E-state index is -3.52. The summed E-state index contributed by atoms with van der Waals surface area (Å²) in [7, 11) is -3.52. The van der Waals surface area contributed by atoms with Crippen molar-refractivity contribution in [1.82, 2.24) is 15.0 Å². The number of pyridine rings is 3. The van der Waals surface area contributed by atoms with E-state index in [1.807, 2.05) is 26.8 Å². The van der Waals surface area contributed by atoms with Gasteiger partial charge in [-0.15, -0.1) is 0 Å². The second-order valence-corrected chi connectivity index (χ2v) is 8.60. The summed E-state index contributed by atoms with van der Waals surface area (Å²) >= 11 is 6.02. The van der Waals surface area contributed by atoms with Crippen LogP contribution in [0.25, 0.3) is 11.3 Å². The molecule has 0 atom stereocenters. The average Bonchev–Trinajstić information content (AvgIpc) is 2.58. The van der Waals surface area contributed by atoms with Crippen molar-refractivity contribution in [3.8, 4) is 22.9 Å². The van der Waals surface area contributed by atoms with Gasteiger partial charge in [0.1, 0.15) is 5.69 Å². The molecule has 0 amide bonds. The zero-order valence-electron chi connectivity index (χ0n) is 15.8. The SMILES string of the molecule is Cc1cc(C)c(Oc2nc(-c3cncc(Cl)c3)ccc2NS(C)(=O)=O)c(C)n1. The second-order valence-electron chi connectivity index (χ2n) is 6.41. The fourth-order valence-electron chi connectivity index (χ4n) is 2.77. The number of aromatic nitrogens is 3. The zero-order valence-corrected chi connectivity index (χ0v) is 17.4. The molecule has 0 unspecified atom stereocenters. The first-order valence-electron chi connectivity index (χ1n) is 8.35. The van der Waals surface area contributed by atoms with E-state index in [-0.39, 0.29) is 11.6 Å². The van der Waals surface area contributed by atoms with Gasteiger partial charge in [0, 0.05) is 23.7 Å². The van der Waals surface area contributed by atoms with Crippen molar-refractivity contribution in [1.29, 1.82) is 0 Å². The quantitative estimate of drug-likeness (QED) is 0.664. The van der Waals surface area contributed by atoms with Gasteiger partial charge in [-0.25, -0.2) is 13.4 Å². The van der Waals surface area contributed by atoms with Gasteiger partial charge in [-0.3, -0.25) is 14.7 Å². The predicted molar refractivity (Wildman–Crippen MR) is 109 cm³/mol. The number of aryl methyl sites for hydroxylation is 3. The highest BCUT2D eigenvalue weighted by Gasteiger charge is 2.16. The highest BCUT2D eigenvalue weighted by atomic mass is 35.5. The third-order valence-electron chi connectivity index (χ3n) is 3.81. The van der Waals surface area contributed by atoms with Crippen LogP contribution in [0, 0.1) is 20.8 Å². The summed E-state index contributed by atoms with van der Waals surface area (Å²) in [5.74, 6) is 0.635. The van der Waals surface area contributed by atoms with Gasteiger partial charge in [0.2, 0.25) is 15.9 Å². The minimum absolute atomic E-state index is 0.111. The lowest BCUT2D eigenvalue weighted by Gasteiger charge is -2.15. The number of nitrogens with zero attached hydrogens (tertiary/aromatic N) is 3. The number of hydrogen-bond donors (Lipinski definition) is 1. The molecule has 0 aliphatic heterocycles. The molecule has 7 nitrogen and oxygen atoms in total. The summed E-state index contributed by atoms with van der Waals surface area (Å²) in [5, 5.41) is 0.467. The molecule has 9 heteroatoms. The zero-order chi connectivity index (χ0) is 20.5. The molecule has 3 aromatic heterocycles. The van der Waals surface area contributed by atoms with Crippen molar-refractivity contribution in [2.75, 3.05) is 11.0 Å². The van der Waals surface area contributed by atoms with Gasteiger partial charge in [-0.2, -0.15) is 0 Å². The Labute approximate surface area is 168 Å². The molecule has 0 saturated carbocycles. The predicted octanol–water partition coefficient (Wildman–Crippen LogP) is 4.28. The Morgan fingerprint density at radius 3 is 2.46 bits per heavy atom. The normalized spacial score (nSPS) is 11.3. The van der Waals surface area contributed by atoms with Crippen molar-refractivity contribution in [2.24, 2.45) is 0 Å². The summed E-state index contributed by atoms with van der Waals surface area (Å²) in [6.07, 6.45) is 4.20. The monoisotopic (exact) mass is 418 g/mol. The first kappa shape index (κ1) is 20.0. The molecule has 146 valence electrons. The Balaban J connectivity index is 2.11. The Kier molecular flexibility index (Phi) is 5.53. The third-order valence-corrected chi connectivity index (χ3v) is 4.61. The molecular formula is C19H19ClN4O3S. The lowest BCUT2D eigenvalue weighted by atomic mass is 10.2. The molecular weight excluding hydrogens is 400 g/mol. The highest BCUT2D eigenvalue weighted by molar-refractivity contribution is 7.92. The van der Waals surface area contributed by atoms with Crippen LogP contribution in [-0.2, 0) is 10.0 Å². The number of hydrogen-bond acceptors (Lipinski definition) is 6. The van der Waals surface area contributed by atoms with Gasteiger partial charge in [-0.05, 0) is 50.6 Å². The Morgan fingerprint density at radius 1 is 1.07 bits per heavy atom.